The molecule has 2 amide bonds. The first kappa shape index (κ1) is 17.0. The van der Waals surface area contributed by atoms with Crippen molar-refractivity contribution in [2.45, 2.75) is 46.5 Å². The molecule has 116 valence electrons. The fourth-order valence-corrected chi connectivity index (χ4v) is 2.40. The van der Waals surface area contributed by atoms with Gasteiger partial charge in [-0.3, -0.25) is 9.59 Å². The molecule has 1 rings (SSSR count). The quantitative estimate of drug-likeness (QED) is 0.794. The Morgan fingerprint density at radius 2 is 2.05 bits per heavy atom. The minimum absolute atomic E-state index is 0.0313. The van der Waals surface area contributed by atoms with E-state index in [-0.39, 0.29) is 23.1 Å². The predicted octanol–water partition coefficient (Wildman–Crippen LogP) is 1.13. The third-order valence-corrected chi connectivity index (χ3v) is 3.68. The fourth-order valence-electron chi connectivity index (χ4n) is 2.40. The highest BCUT2D eigenvalue weighted by Gasteiger charge is 2.28. The molecule has 0 aromatic heterocycles. The lowest BCUT2D eigenvalue weighted by molar-refractivity contribution is -0.136. The van der Waals surface area contributed by atoms with Crippen molar-refractivity contribution in [1.82, 2.24) is 10.2 Å². The van der Waals surface area contributed by atoms with Gasteiger partial charge in [0.15, 0.2) is 0 Å². The molecule has 1 aliphatic heterocycles. The second kappa shape index (κ2) is 7.62. The minimum atomic E-state index is -0.0751. The van der Waals surface area contributed by atoms with Gasteiger partial charge in [-0.15, -0.1) is 0 Å². The first-order valence-electron chi connectivity index (χ1n) is 7.59. The number of nitrogens with zero attached hydrogens (tertiary/aromatic N) is 1. The van der Waals surface area contributed by atoms with E-state index in [9.17, 15) is 9.59 Å². The van der Waals surface area contributed by atoms with E-state index in [1.807, 2.05) is 4.90 Å². The third-order valence-electron chi connectivity index (χ3n) is 3.68. The first-order chi connectivity index (χ1) is 9.33. The van der Waals surface area contributed by atoms with Gasteiger partial charge < -0.3 is 16.0 Å². The molecule has 5 nitrogen and oxygen atoms in total. The van der Waals surface area contributed by atoms with Gasteiger partial charge in [-0.05, 0) is 24.7 Å². The van der Waals surface area contributed by atoms with Gasteiger partial charge in [-0.1, -0.05) is 20.8 Å². The van der Waals surface area contributed by atoms with Gasteiger partial charge >= 0.3 is 0 Å². The van der Waals surface area contributed by atoms with Crippen molar-refractivity contribution >= 4 is 11.8 Å². The van der Waals surface area contributed by atoms with Crippen molar-refractivity contribution in [2.24, 2.45) is 17.1 Å². The van der Waals surface area contributed by atoms with Crippen LogP contribution >= 0.6 is 0 Å². The van der Waals surface area contributed by atoms with E-state index in [0.717, 1.165) is 25.8 Å². The summed E-state index contributed by atoms with van der Waals surface area (Å²) in [5.74, 6) is 0.133. The molecule has 0 saturated carbocycles. The summed E-state index contributed by atoms with van der Waals surface area (Å²) in [7, 11) is 0. The van der Waals surface area contributed by atoms with Gasteiger partial charge in [-0.2, -0.15) is 0 Å². The number of carbonyl (C=O) groups is 2. The lowest BCUT2D eigenvalue weighted by atomic mass is 9.90. The Balaban J connectivity index is 2.43. The number of hydrogen-bond acceptors (Lipinski definition) is 3. The summed E-state index contributed by atoms with van der Waals surface area (Å²) >= 11 is 0. The Bertz CT molecular complexity index is 337. The maximum absolute atomic E-state index is 12.2. The van der Waals surface area contributed by atoms with Crippen LogP contribution in [-0.4, -0.2) is 42.9 Å². The van der Waals surface area contributed by atoms with E-state index in [1.165, 1.54) is 0 Å². The molecule has 1 saturated heterocycles. The molecular formula is C15H29N3O2. The van der Waals surface area contributed by atoms with Crippen LogP contribution in [0.3, 0.4) is 0 Å². The average molecular weight is 283 g/mol. The van der Waals surface area contributed by atoms with E-state index < -0.39 is 0 Å². The van der Waals surface area contributed by atoms with Gasteiger partial charge in [0, 0.05) is 32.6 Å². The van der Waals surface area contributed by atoms with Crippen LogP contribution in [0.1, 0.15) is 46.5 Å². The van der Waals surface area contributed by atoms with E-state index >= 15 is 0 Å². The van der Waals surface area contributed by atoms with Crippen LogP contribution < -0.4 is 11.1 Å². The topological polar surface area (TPSA) is 75.4 Å². The number of nitrogens with two attached hydrogens (primary N) is 1. The van der Waals surface area contributed by atoms with E-state index in [4.69, 9.17) is 5.73 Å². The Morgan fingerprint density at radius 3 is 2.65 bits per heavy atom. The lowest BCUT2D eigenvalue weighted by Gasteiger charge is -2.32. The summed E-state index contributed by atoms with van der Waals surface area (Å²) in [4.78, 5) is 26.0. The molecule has 1 atom stereocenters. The molecule has 0 aliphatic carbocycles. The molecule has 0 aromatic rings. The highest BCUT2D eigenvalue weighted by Crippen LogP contribution is 2.23. The number of amides is 2. The molecule has 0 bridgehead atoms. The number of piperidine rings is 1. The van der Waals surface area contributed by atoms with Crippen LogP contribution in [0.25, 0.3) is 0 Å². The highest BCUT2D eigenvalue weighted by atomic mass is 16.2. The zero-order chi connectivity index (χ0) is 15.2. The first-order valence-corrected chi connectivity index (χ1v) is 7.59. The number of rotatable bonds is 5. The average Bonchev–Trinajstić information content (AvgIpc) is 2.41. The molecule has 0 radical (unpaired) electrons. The molecule has 0 aromatic carbocycles. The number of nitrogens with one attached hydrogen (secondary N) is 1. The number of hydrogen-bond donors (Lipinski definition) is 2. The molecule has 1 aliphatic rings. The second-order valence-electron chi connectivity index (χ2n) is 6.82. The van der Waals surface area contributed by atoms with E-state index in [2.05, 4.69) is 26.1 Å². The summed E-state index contributed by atoms with van der Waals surface area (Å²) in [6.07, 6.45) is 3.22. The molecule has 20 heavy (non-hydrogen) atoms. The largest absolute Gasteiger partial charge is 0.355 e. The Kier molecular flexibility index (Phi) is 6.46. The zero-order valence-corrected chi connectivity index (χ0v) is 13.1. The highest BCUT2D eigenvalue weighted by molar-refractivity contribution is 5.81. The molecular weight excluding hydrogens is 254 g/mol. The Morgan fingerprint density at radius 1 is 1.35 bits per heavy atom. The van der Waals surface area contributed by atoms with Crippen molar-refractivity contribution in [1.29, 1.82) is 0 Å². The van der Waals surface area contributed by atoms with Crippen LogP contribution in [-0.2, 0) is 9.59 Å². The van der Waals surface area contributed by atoms with Gasteiger partial charge in [0.25, 0.3) is 0 Å². The number of likely N-dealkylation sites (tertiary alicyclic amines) is 1. The van der Waals surface area contributed by atoms with Crippen LogP contribution in [0.4, 0.5) is 0 Å². The van der Waals surface area contributed by atoms with Crippen molar-refractivity contribution in [2.75, 3.05) is 26.2 Å². The Labute approximate surface area is 122 Å². The zero-order valence-electron chi connectivity index (χ0n) is 13.1. The summed E-state index contributed by atoms with van der Waals surface area (Å²) in [5, 5.41) is 2.82. The van der Waals surface area contributed by atoms with E-state index in [1.54, 1.807) is 0 Å². The summed E-state index contributed by atoms with van der Waals surface area (Å²) in [6, 6.07) is 0. The van der Waals surface area contributed by atoms with Crippen molar-refractivity contribution < 1.29 is 9.59 Å². The van der Waals surface area contributed by atoms with Crippen molar-refractivity contribution in [3.8, 4) is 0 Å². The predicted molar refractivity (Wildman–Crippen MR) is 80.1 cm³/mol. The number of carbonyl (C=O) groups excluding carboxylic acids is 2. The van der Waals surface area contributed by atoms with Crippen LogP contribution in [0.5, 0.6) is 0 Å². The Hall–Kier alpha value is -1.10. The van der Waals surface area contributed by atoms with E-state index in [0.29, 0.717) is 26.1 Å². The summed E-state index contributed by atoms with van der Waals surface area (Å²) in [5.41, 5.74) is 5.55. The van der Waals surface area contributed by atoms with Crippen LogP contribution in [0, 0.1) is 11.3 Å². The molecule has 5 heteroatoms. The van der Waals surface area contributed by atoms with Gasteiger partial charge in [0.05, 0.1) is 5.92 Å². The molecule has 1 unspecified atom stereocenters. The molecule has 3 N–H and O–H groups in total. The summed E-state index contributed by atoms with van der Waals surface area (Å²) in [6.45, 7) is 8.71. The molecule has 0 spiro atoms. The lowest BCUT2D eigenvalue weighted by Crippen LogP contribution is -2.46. The summed E-state index contributed by atoms with van der Waals surface area (Å²) < 4.78 is 0. The van der Waals surface area contributed by atoms with Crippen molar-refractivity contribution in [3.63, 3.8) is 0 Å². The van der Waals surface area contributed by atoms with Gasteiger partial charge in [0.1, 0.15) is 0 Å². The maximum Gasteiger partial charge on any atom is 0.224 e. The van der Waals surface area contributed by atoms with Crippen LogP contribution in [0.2, 0.25) is 0 Å². The SMILES string of the molecule is CC(C)(C)CCC(=O)N1CCCC(C(=O)NCCN)C1. The van der Waals surface area contributed by atoms with Gasteiger partial charge in [-0.25, -0.2) is 0 Å². The maximum atomic E-state index is 12.2. The second-order valence-corrected chi connectivity index (χ2v) is 6.82. The fraction of sp³-hybridized carbons (Fsp3) is 0.867. The molecule has 1 heterocycles. The standard InChI is InChI=1S/C15H29N3O2/c1-15(2,3)7-6-13(19)18-10-4-5-12(11-18)14(20)17-9-8-16/h12H,4-11,16H2,1-3H3,(H,17,20). The monoisotopic (exact) mass is 283 g/mol. The van der Waals surface area contributed by atoms with Crippen LogP contribution in [0.15, 0.2) is 0 Å². The van der Waals surface area contributed by atoms with Crippen molar-refractivity contribution in [3.05, 3.63) is 0 Å². The van der Waals surface area contributed by atoms with Gasteiger partial charge in [0.2, 0.25) is 11.8 Å². The molecule has 1 fully saturated rings. The third kappa shape index (κ3) is 5.90. The smallest absolute Gasteiger partial charge is 0.224 e. The minimum Gasteiger partial charge on any atom is -0.355 e. The normalized spacial score (nSPS) is 19.8.